The Morgan fingerprint density at radius 3 is 2.50 bits per heavy atom. The van der Waals surface area contributed by atoms with E-state index in [1.807, 2.05) is 0 Å². The van der Waals surface area contributed by atoms with Gasteiger partial charge in [-0.25, -0.2) is 4.79 Å². The summed E-state index contributed by atoms with van der Waals surface area (Å²) in [6, 6.07) is 1.23. The molecule has 0 spiro atoms. The molecule has 1 amide bonds. The molecule has 0 aliphatic rings. The number of nitrogens with one attached hydrogen (secondary N) is 1. The smallest absolute Gasteiger partial charge is 0.329 e. The van der Waals surface area contributed by atoms with Gasteiger partial charge in [0.2, 0.25) is 0 Å². The largest absolute Gasteiger partial charge is 0.480 e. The Balaban J connectivity index is 3.20. The monoisotopic (exact) mass is 252 g/mol. The quantitative estimate of drug-likeness (QED) is 0.825. The number of carboxylic acid groups (broad SMARTS) is 1. The molecular weight excluding hydrogens is 236 g/mol. The van der Waals surface area contributed by atoms with Gasteiger partial charge in [-0.3, -0.25) is 9.59 Å². The molecule has 0 radical (unpaired) electrons. The fourth-order valence-corrected chi connectivity index (χ4v) is 1.64. The van der Waals surface area contributed by atoms with Crippen LogP contribution in [-0.4, -0.2) is 39.0 Å². The number of likely N-dealkylation sites (N-methyl/N-ethyl adjacent to an activating group) is 1. The number of hydrogen-bond donors (Lipinski definition) is 2. The molecule has 0 fully saturated rings. The zero-order valence-corrected chi connectivity index (χ0v) is 10.6. The van der Waals surface area contributed by atoms with Crippen molar-refractivity contribution < 1.29 is 14.7 Å². The number of pyridine rings is 1. The summed E-state index contributed by atoms with van der Waals surface area (Å²) in [6.45, 7) is 4.72. The first-order valence-corrected chi connectivity index (χ1v) is 5.54. The van der Waals surface area contributed by atoms with Crippen molar-refractivity contribution in [2.24, 2.45) is 0 Å². The van der Waals surface area contributed by atoms with Crippen molar-refractivity contribution in [3.05, 3.63) is 34.2 Å². The number of rotatable bonds is 4. The van der Waals surface area contributed by atoms with Gasteiger partial charge in [0.1, 0.15) is 11.1 Å². The Kier molecular flexibility index (Phi) is 3.90. The average Bonchev–Trinajstić information content (AvgIpc) is 2.29. The van der Waals surface area contributed by atoms with Crippen LogP contribution in [0, 0.1) is 0 Å². The minimum atomic E-state index is -1.37. The normalized spacial score (nSPS) is 11.1. The number of amides is 1. The average molecular weight is 252 g/mol. The maximum atomic E-state index is 12.2. The molecule has 1 rings (SSSR count). The third-order valence-corrected chi connectivity index (χ3v) is 2.81. The van der Waals surface area contributed by atoms with Gasteiger partial charge in [-0.2, -0.15) is 0 Å². The van der Waals surface area contributed by atoms with E-state index in [4.69, 9.17) is 5.11 Å². The Hall–Kier alpha value is -2.11. The van der Waals surface area contributed by atoms with Crippen molar-refractivity contribution in [3.8, 4) is 0 Å². The van der Waals surface area contributed by atoms with Crippen molar-refractivity contribution in [1.82, 2.24) is 9.88 Å². The van der Waals surface area contributed by atoms with E-state index >= 15 is 0 Å². The van der Waals surface area contributed by atoms with Crippen LogP contribution in [0.15, 0.2) is 23.3 Å². The molecule has 0 aliphatic carbocycles. The molecule has 6 heteroatoms. The van der Waals surface area contributed by atoms with Crippen LogP contribution in [0.25, 0.3) is 0 Å². The lowest BCUT2D eigenvalue weighted by Gasteiger charge is -2.34. The number of aromatic nitrogens is 1. The van der Waals surface area contributed by atoms with Crippen molar-refractivity contribution >= 4 is 11.9 Å². The minimum absolute atomic E-state index is 0.0614. The van der Waals surface area contributed by atoms with E-state index < -0.39 is 22.8 Å². The molecule has 18 heavy (non-hydrogen) atoms. The van der Waals surface area contributed by atoms with E-state index in [9.17, 15) is 14.4 Å². The van der Waals surface area contributed by atoms with Gasteiger partial charge in [0.05, 0.1) is 0 Å². The number of carbonyl (C=O) groups is 2. The third kappa shape index (κ3) is 2.42. The zero-order valence-electron chi connectivity index (χ0n) is 10.6. The van der Waals surface area contributed by atoms with Crippen LogP contribution in [0.3, 0.4) is 0 Å². The summed E-state index contributed by atoms with van der Waals surface area (Å²) < 4.78 is 0. The lowest BCUT2D eigenvalue weighted by molar-refractivity contribution is -0.147. The van der Waals surface area contributed by atoms with Crippen molar-refractivity contribution in [1.29, 1.82) is 0 Å². The lowest BCUT2D eigenvalue weighted by atomic mass is 10.0. The van der Waals surface area contributed by atoms with Gasteiger partial charge in [0.15, 0.2) is 5.43 Å². The molecule has 0 saturated heterocycles. The predicted octanol–water partition coefficient (Wildman–Crippen LogP) is 0.700. The van der Waals surface area contributed by atoms with Crippen molar-refractivity contribution in [2.75, 3.05) is 6.54 Å². The first kappa shape index (κ1) is 14.0. The number of carbonyl (C=O) groups excluding carboxylic acids is 1. The molecule has 6 nitrogen and oxygen atoms in total. The Morgan fingerprint density at radius 2 is 2.06 bits per heavy atom. The fraction of sp³-hybridized carbons (Fsp3) is 0.417. The molecule has 0 bridgehead atoms. The summed E-state index contributed by atoms with van der Waals surface area (Å²) in [5.74, 6) is -1.71. The second-order valence-electron chi connectivity index (χ2n) is 4.34. The number of aliphatic carboxylic acids is 1. The van der Waals surface area contributed by atoms with E-state index in [1.54, 1.807) is 6.92 Å². The van der Waals surface area contributed by atoms with E-state index in [-0.39, 0.29) is 12.1 Å². The molecule has 1 aromatic rings. The van der Waals surface area contributed by atoms with Crippen molar-refractivity contribution in [3.63, 3.8) is 0 Å². The minimum Gasteiger partial charge on any atom is -0.480 e. The number of aromatic amines is 1. The zero-order chi connectivity index (χ0) is 13.9. The molecule has 0 unspecified atom stereocenters. The topological polar surface area (TPSA) is 90.5 Å². The van der Waals surface area contributed by atoms with Gasteiger partial charge >= 0.3 is 5.97 Å². The summed E-state index contributed by atoms with van der Waals surface area (Å²) in [5.41, 5.74) is -1.86. The van der Waals surface area contributed by atoms with E-state index in [1.165, 1.54) is 32.3 Å². The standard InChI is InChI=1S/C12H16N2O4/c1-4-14(12(2,3)11(17)18)10(16)8-7-13-6-5-9(8)15/h5-7H,4H2,1-3H3,(H,13,15)(H,17,18). The molecule has 0 aromatic carbocycles. The molecule has 1 aromatic heterocycles. The number of nitrogens with zero attached hydrogens (tertiary/aromatic N) is 1. The van der Waals surface area contributed by atoms with Crippen LogP contribution in [0.4, 0.5) is 0 Å². The second-order valence-corrected chi connectivity index (χ2v) is 4.34. The molecule has 1 heterocycles. The van der Waals surface area contributed by atoms with Crippen LogP contribution in [0.2, 0.25) is 0 Å². The molecule has 0 atom stereocenters. The third-order valence-electron chi connectivity index (χ3n) is 2.81. The van der Waals surface area contributed by atoms with Gasteiger partial charge in [-0.15, -0.1) is 0 Å². The highest BCUT2D eigenvalue weighted by atomic mass is 16.4. The van der Waals surface area contributed by atoms with Gasteiger partial charge in [0, 0.05) is 25.0 Å². The second kappa shape index (κ2) is 5.03. The van der Waals surface area contributed by atoms with E-state index in [0.717, 1.165) is 4.90 Å². The summed E-state index contributed by atoms with van der Waals surface area (Å²) in [5, 5.41) is 9.13. The van der Waals surface area contributed by atoms with Crippen LogP contribution < -0.4 is 5.43 Å². The van der Waals surface area contributed by atoms with E-state index in [0.29, 0.717) is 0 Å². The maximum Gasteiger partial charge on any atom is 0.329 e. The lowest BCUT2D eigenvalue weighted by Crippen LogP contribution is -2.53. The Morgan fingerprint density at radius 1 is 1.44 bits per heavy atom. The fourth-order valence-electron chi connectivity index (χ4n) is 1.64. The Bertz CT molecular complexity index is 519. The molecule has 0 saturated carbocycles. The highest BCUT2D eigenvalue weighted by Crippen LogP contribution is 2.16. The molecular formula is C12H16N2O4. The van der Waals surface area contributed by atoms with E-state index in [2.05, 4.69) is 4.98 Å². The number of H-pyrrole nitrogens is 1. The Labute approximate surface area is 104 Å². The van der Waals surface area contributed by atoms with Gasteiger partial charge in [-0.1, -0.05) is 0 Å². The van der Waals surface area contributed by atoms with Crippen molar-refractivity contribution in [2.45, 2.75) is 26.3 Å². The SMILES string of the molecule is CCN(C(=O)c1c[nH]ccc1=O)C(C)(C)C(=O)O. The number of hydrogen-bond acceptors (Lipinski definition) is 3. The molecule has 2 N–H and O–H groups in total. The van der Waals surface area contributed by atoms with Crippen LogP contribution in [0.1, 0.15) is 31.1 Å². The van der Waals surface area contributed by atoms with Crippen LogP contribution in [-0.2, 0) is 4.79 Å². The molecule has 98 valence electrons. The first-order chi connectivity index (χ1) is 8.32. The van der Waals surface area contributed by atoms with Crippen LogP contribution in [0.5, 0.6) is 0 Å². The van der Waals surface area contributed by atoms with Gasteiger partial charge < -0.3 is 15.0 Å². The summed E-state index contributed by atoms with van der Waals surface area (Å²) in [7, 11) is 0. The summed E-state index contributed by atoms with van der Waals surface area (Å²) in [6.07, 6.45) is 2.70. The maximum absolute atomic E-state index is 12.2. The first-order valence-electron chi connectivity index (χ1n) is 5.54. The van der Waals surface area contributed by atoms with Gasteiger partial charge in [0.25, 0.3) is 5.91 Å². The molecule has 0 aliphatic heterocycles. The highest BCUT2D eigenvalue weighted by Gasteiger charge is 2.37. The van der Waals surface area contributed by atoms with Crippen LogP contribution >= 0.6 is 0 Å². The summed E-state index contributed by atoms with van der Waals surface area (Å²) in [4.78, 5) is 38.7. The predicted molar refractivity (Wildman–Crippen MR) is 65.5 cm³/mol. The number of carboxylic acids is 1. The summed E-state index contributed by atoms with van der Waals surface area (Å²) >= 11 is 0. The highest BCUT2D eigenvalue weighted by molar-refractivity contribution is 5.97. The van der Waals surface area contributed by atoms with Gasteiger partial charge in [-0.05, 0) is 20.8 Å².